The molecule has 2 aromatic heterocycles. The SMILES string of the molecule is COc1ccc(-c2cnc3c(Nc4ccc(C(=O)N[C@H]5CC[C@@H](NC(=O)C[N+](C)(C)C)CC5)c(C)c4)nccn23)c(F)c1F.[Cl-]. The number of aryl methyl sites for hydroxylation is 1. The molecular weight excluding hydrogens is 604 g/mol. The standard InChI is InChI=1S/C32H37F2N7O3.ClH/c1-19-16-22(10-11-23(19)32(43)39-21-8-6-20(7-9-21)37-27(42)18-41(2,3)4)38-30-31-36-17-25(40(31)15-14-35-30)24-12-13-26(44-5)29(34)28(24)33;/h10-17,20-21H,6-9,18H2,1-5H3,(H2-,35,37,38,39,42,43);1H/t20-,21+;. The van der Waals surface area contributed by atoms with Crippen molar-refractivity contribution < 1.29 is 40.0 Å². The topological polar surface area (TPSA) is 110 Å². The minimum Gasteiger partial charge on any atom is -1.00 e. The molecule has 0 unspecified atom stereocenters. The summed E-state index contributed by atoms with van der Waals surface area (Å²) in [6, 6.07) is 8.39. The number of carbonyl (C=O) groups excluding carboxylic acids is 2. The summed E-state index contributed by atoms with van der Waals surface area (Å²) in [5, 5.41) is 9.50. The molecule has 0 radical (unpaired) electrons. The van der Waals surface area contributed by atoms with Crippen molar-refractivity contribution in [3.8, 4) is 17.0 Å². The normalized spacial score (nSPS) is 16.5. The molecule has 2 amide bonds. The average molecular weight is 642 g/mol. The van der Waals surface area contributed by atoms with Crippen molar-refractivity contribution in [2.24, 2.45) is 0 Å². The van der Waals surface area contributed by atoms with E-state index in [2.05, 4.69) is 25.9 Å². The van der Waals surface area contributed by atoms with Gasteiger partial charge in [-0.2, -0.15) is 4.39 Å². The van der Waals surface area contributed by atoms with E-state index in [1.807, 2.05) is 34.1 Å². The lowest BCUT2D eigenvalue weighted by molar-refractivity contribution is -0.862. The van der Waals surface area contributed by atoms with Crippen LogP contribution in [0.4, 0.5) is 20.3 Å². The van der Waals surface area contributed by atoms with E-state index < -0.39 is 11.6 Å². The summed E-state index contributed by atoms with van der Waals surface area (Å²) in [7, 11) is 7.24. The monoisotopic (exact) mass is 641 g/mol. The van der Waals surface area contributed by atoms with Crippen LogP contribution in [0.5, 0.6) is 5.75 Å². The van der Waals surface area contributed by atoms with Gasteiger partial charge in [0.2, 0.25) is 5.82 Å². The van der Waals surface area contributed by atoms with Crippen LogP contribution in [0.15, 0.2) is 48.9 Å². The molecule has 1 aliphatic carbocycles. The van der Waals surface area contributed by atoms with Gasteiger partial charge >= 0.3 is 0 Å². The van der Waals surface area contributed by atoms with Gasteiger partial charge in [-0.3, -0.25) is 14.0 Å². The van der Waals surface area contributed by atoms with Crippen molar-refractivity contribution in [2.75, 3.05) is 40.1 Å². The highest BCUT2D eigenvalue weighted by molar-refractivity contribution is 5.96. The van der Waals surface area contributed by atoms with Gasteiger partial charge in [0.05, 0.1) is 40.1 Å². The van der Waals surface area contributed by atoms with E-state index in [4.69, 9.17) is 4.74 Å². The number of likely N-dealkylation sites (N-methyl/N-ethyl adjacent to an activating group) is 1. The number of hydrogen-bond acceptors (Lipinski definition) is 6. The largest absolute Gasteiger partial charge is 1.00 e. The van der Waals surface area contributed by atoms with E-state index in [-0.39, 0.29) is 47.6 Å². The van der Waals surface area contributed by atoms with E-state index in [0.29, 0.717) is 39.4 Å². The highest BCUT2D eigenvalue weighted by Crippen LogP contribution is 2.31. The molecule has 2 heterocycles. The lowest BCUT2D eigenvalue weighted by Gasteiger charge is -2.31. The minimum absolute atomic E-state index is 0. The second-order valence-electron chi connectivity index (χ2n) is 12.2. The Morgan fingerprint density at radius 3 is 2.33 bits per heavy atom. The van der Waals surface area contributed by atoms with E-state index >= 15 is 0 Å². The molecule has 3 N–H and O–H groups in total. The number of nitrogens with zero attached hydrogens (tertiary/aromatic N) is 4. The van der Waals surface area contributed by atoms with Crippen LogP contribution in [-0.4, -0.2) is 77.5 Å². The molecule has 1 saturated carbocycles. The molecule has 45 heavy (non-hydrogen) atoms. The molecule has 0 atom stereocenters. The second-order valence-corrected chi connectivity index (χ2v) is 12.2. The Kier molecular flexibility index (Phi) is 10.3. The van der Waals surface area contributed by atoms with Crippen LogP contribution in [0.2, 0.25) is 0 Å². The minimum atomic E-state index is -1.07. The molecule has 1 fully saturated rings. The average Bonchev–Trinajstić information content (AvgIpc) is 3.39. The Balaban J connectivity index is 0.00000461. The van der Waals surface area contributed by atoms with E-state index in [1.165, 1.54) is 31.6 Å². The Morgan fingerprint density at radius 2 is 1.69 bits per heavy atom. The maximum absolute atomic E-state index is 14.8. The molecule has 0 spiro atoms. The van der Waals surface area contributed by atoms with Gasteiger partial charge < -0.3 is 37.6 Å². The fraction of sp³-hybridized carbons (Fsp3) is 0.375. The molecular formula is C32H38ClF2N7O3. The second kappa shape index (κ2) is 13.8. The van der Waals surface area contributed by atoms with Gasteiger partial charge in [0.1, 0.15) is 0 Å². The third-order valence-electron chi connectivity index (χ3n) is 7.75. The maximum Gasteiger partial charge on any atom is 0.275 e. The summed E-state index contributed by atoms with van der Waals surface area (Å²) in [6.45, 7) is 2.29. The lowest BCUT2D eigenvalue weighted by atomic mass is 9.90. The van der Waals surface area contributed by atoms with Gasteiger partial charge in [-0.05, 0) is 68.5 Å². The zero-order valence-corrected chi connectivity index (χ0v) is 26.7. The van der Waals surface area contributed by atoms with Gasteiger partial charge in [0.25, 0.3) is 11.8 Å². The van der Waals surface area contributed by atoms with Crippen molar-refractivity contribution in [3.63, 3.8) is 0 Å². The fourth-order valence-electron chi connectivity index (χ4n) is 5.58. The first-order valence-corrected chi connectivity index (χ1v) is 14.6. The predicted octanol–water partition coefficient (Wildman–Crippen LogP) is 1.60. The Bertz CT molecular complexity index is 1700. The van der Waals surface area contributed by atoms with Gasteiger partial charge in [-0.25, -0.2) is 14.4 Å². The number of quaternary nitrogens is 1. The summed E-state index contributed by atoms with van der Waals surface area (Å²) >= 11 is 0. The maximum atomic E-state index is 14.8. The number of nitrogens with one attached hydrogen (secondary N) is 3. The van der Waals surface area contributed by atoms with Crippen molar-refractivity contribution >= 4 is 29.0 Å². The molecule has 0 saturated heterocycles. The molecule has 4 aromatic rings. The Hall–Kier alpha value is -4.29. The van der Waals surface area contributed by atoms with Crippen LogP contribution < -0.4 is 33.1 Å². The number of amides is 2. The van der Waals surface area contributed by atoms with Crippen LogP contribution in [0.25, 0.3) is 16.9 Å². The van der Waals surface area contributed by atoms with Crippen molar-refractivity contribution in [1.29, 1.82) is 0 Å². The smallest absolute Gasteiger partial charge is 0.275 e. The van der Waals surface area contributed by atoms with Gasteiger partial charge in [0, 0.05) is 41.3 Å². The fourth-order valence-corrected chi connectivity index (χ4v) is 5.58. The molecule has 240 valence electrons. The molecule has 10 nitrogen and oxygen atoms in total. The van der Waals surface area contributed by atoms with E-state index in [1.54, 1.807) is 22.7 Å². The van der Waals surface area contributed by atoms with Crippen molar-refractivity contribution in [1.82, 2.24) is 25.0 Å². The highest BCUT2D eigenvalue weighted by Gasteiger charge is 2.26. The van der Waals surface area contributed by atoms with E-state index in [9.17, 15) is 18.4 Å². The van der Waals surface area contributed by atoms with Crippen molar-refractivity contribution in [3.05, 3.63) is 71.7 Å². The number of ether oxygens (including phenoxy) is 1. The number of hydrogen-bond donors (Lipinski definition) is 3. The number of halogens is 3. The number of anilines is 2. The summed E-state index contributed by atoms with van der Waals surface area (Å²) in [5.41, 5.74) is 2.85. The summed E-state index contributed by atoms with van der Waals surface area (Å²) in [5.74, 6) is -1.96. The Labute approximate surface area is 267 Å². The lowest BCUT2D eigenvalue weighted by Crippen LogP contribution is -3.00. The molecule has 5 rings (SSSR count). The highest BCUT2D eigenvalue weighted by atomic mass is 35.5. The van der Waals surface area contributed by atoms with Crippen LogP contribution in [0.1, 0.15) is 41.6 Å². The van der Waals surface area contributed by atoms with Crippen LogP contribution in [0, 0.1) is 18.6 Å². The zero-order valence-electron chi connectivity index (χ0n) is 26.0. The number of rotatable bonds is 9. The number of carbonyl (C=O) groups is 2. The number of fused-ring (bicyclic) bond motifs is 1. The van der Waals surface area contributed by atoms with Crippen LogP contribution in [0.3, 0.4) is 0 Å². The third kappa shape index (κ3) is 7.69. The van der Waals surface area contributed by atoms with Gasteiger partial charge in [-0.15, -0.1) is 0 Å². The summed E-state index contributed by atoms with van der Waals surface area (Å²) in [6.07, 6.45) is 7.86. The number of imidazole rings is 1. The quantitative estimate of drug-likeness (QED) is 0.240. The van der Waals surface area contributed by atoms with Crippen LogP contribution >= 0.6 is 0 Å². The summed E-state index contributed by atoms with van der Waals surface area (Å²) < 4.78 is 36.3. The number of methoxy groups -OCH3 is 1. The van der Waals surface area contributed by atoms with Crippen LogP contribution in [-0.2, 0) is 4.79 Å². The number of benzene rings is 2. The predicted molar refractivity (Wildman–Crippen MR) is 164 cm³/mol. The number of aromatic nitrogens is 3. The third-order valence-corrected chi connectivity index (χ3v) is 7.75. The molecule has 2 aromatic carbocycles. The van der Waals surface area contributed by atoms with Crippen molar-refractivity contribution in [2.45, 2.75) is 44.7 Å². The molecule has 1 aliphatic rings. The van der Waals surface area contributed by atoms with E-state index in [0.717, 1.165) is 31.2 Å². The molecule has 13 heteroatoms. The van der Waals surface area contributed by atoms with Gasteiger partial charge in [0.15, 0.2) is 29.6 Å². The van der Waals surface area contributed by atoms with Gasteiger partial charge in [-0.1, -0.05) is 0 Å². The first-order chi connectivity index (χ1) is 20.9. The first-order valence-electron chi connectivity index (χ1n) is 14.6. The summed E-state index contributed by atoms with van der Waals surface area (Å²) in [4.78, 5) is 34.2. The Morgan fingerprint density at radius 1 is 1.00 bits per heavy atom. The molecule has 0 bridgehead atoms. The molecule has 0 aliphatic heterocycles. The zero-order chi connectivity index (χ0) is 31.6. The first kappa shape index (κ1) is 33.6.